The lowest BCUT2D eigenvalue weighted by molar-refractivity contribution is -0.151. The van der Waals surface area contributed by atoms with Crippen LogP contribution in [-0.4, -0.2) is 18.6 Å². The second-order valence-electron chi connectivity index (χ2n) is 7.43. The predicted molar refractivity (Wildman–Crippen MR) is 111 cm³/mol. The summed E-state index contributed by atoms with van der Waals surface area (Å²) in [6, 6.07) is 11.2. The number of fused-ring (bicyclic) bond motifs is 1. The van der Waals surface area contributed by atoms with Crippen LogP contribution in [0, 0.1) is 29.1 Å². The third-order valence-electron chi connectivity index (χ3n) is 5.12. The molecule has 1 aliphatic rings. The van der Waals surface area contributed by atoms with Crippen LogP contribution in [0.1, 0.15) is 19.3 Å². The van der Waals surface area contributed by atoms with E-state index < -0.39 is 55.1 Å². The van der Waals surface area contributed by atoms with Crippen molar-refractivity contribution in [2.45, 2.75) is 25.4 Å². The fourth-order valence-electron chi connectivity index (χ4n) is 3.15. The van der Waals surface area contributed by atoms with Crippen LogP contribution in [0.5, 0.6) is 11.5 Å². The number of esters is 1. The maximum Gasteiger partial charge on any atom is 0.513 e. The van der Waals surface area contributed by atoms with Gasteiger partial charge in [-0.15, -0.1) is 0 Å². The van der Waals surface area contributed by atoms with Crippen LogP contribution in [0.15, 0.2) is 42.5 Å². The number of rotatable bonds is 8. The Bertz CT molecular complexity index is 1270. The van der Waals surface area contributed by atoms with Crippen molar-refractivity contribution >= 4 is 24.5 Å². The van der Waals surface area contributed by atoms with Crippen LogP contribution in [0.4, 0.5) is 22.0 Å². The topological polar surface area (TPSA) is 73.9 Å². The van der Waals surface area contributed by atoms with E-state index in [1.165, 1.54) is 12.1 Å². The fraction of sp³-hybridized carbons (Fsp3) is 0.227. The maximum atomic E-state index is 14.2. The summed E-state index contributed by atoms with van der Waals surface area (Å²) in [7, 11) is -4.95. The van der Waals surface area contributed by atoms with E-state index in [0.29, 0.717) is 23.6 Å². The second kappa shape index (κ2) is 9.60. The Balaban J connectivity index is 1.68. The van der Waals surface area contributed by atoms with Crippen molar-refractivity contribution in [1.82, 2.24) is 5.09 Å². The van der Waals surface area contributed by atoms with Crippen molar-refractivity contribution in [3.8, 4) is 11.5 Å². The standard InChI is InChI=1S/C22H17F5NO5P/c23-17-18(24)20(26)22(21(27)19(17)25)33-34(30,28-11-16(29)31-13-7-4-8-13)32-15-10-3-6-12-5-1-2-9-14(12)15/h1-3,5-6,9-10,13H,4,7-8,11H2,(H,28,30). The summed E-state index contributed by atoms with van der Waals surface area (Å²) in [6.45, 7) is -0.784. The molecule has 12 heteroatoms. The first-order valence-corrected chi connectivity index (χ1v) is 11.7. The highest BCUT2D eigenvalue weighted by atomic mass is 31.2. The van der Waals surface area contributed by atoms with E-state index in [2.05, 4.69) is 5.09 Å². The van der Waals surface area contributed by atoms with Crippen molar-refractivity contribution in [3.63, 3.8) is 0 Å². The van der Waals surface area contributed by atoms with Crippen LogP contribution in [0.2, 0.25) is 0 Å². The van der Waals surface area contributed by atoms with Gasteiger partial charge in [-0.05, 0) is 30.7 Å². The minimum absolute atomic E-state index is 0.0924. The van der Waals surface area contributed by atoms with Crippen LogP contribution >= 0.6 is 7.75 Å². The summed E-state index contributed by atoms with van der Waals surface area (Å²) in [5.41, 5.74) is 0. The van der Waals surface area contributed by atoms with E-state index in [1.54, 1.807) is 30.3 Å². The fourth-order valence-corrected chi connectivity index (χ4v) is 4.46. The Morgan fingerprint density at radius 1 is 0.882 bits per heavy atom. The van der Waals surface area contributed by atoms with Gasteiger partial charge in [0, 0.05) is 5.39 Å². The van der Waals surface area contributed by atoms with E-state index >= 15 is 0 Å². The smallest absolute Gasteiger partial charge is 0.461 e. The van der Waals surface area contributed by atoms with Crippen molar-refractivity contribution in [3.05, 3.63) is 71.6 Å². The average Bonchev–Trinajstić information content (AvgIpc) is 2.81. The number of carbonyl (C=O) groups is 1. The zero-order valence-corrected chi connectivity index (χ0v) is 18.2. The molecule has 1 saturated carbocycles. The number of benzene rings is 3. The first kappa shape index (κ1) is 24.0. The summed E-state index contributed by atoms with van der Waals surface area (Å²) in [4.78, 5) is 12.1. The highest BCUT2D eigenvalue weighted by Crippen LogP contribution is 2.48. The Morgan fingerprint density at radius 2 is 1.50 bits per heavy atom. The molecule has 4 rings (SSSR count). The molecule has 6 nitrogen and oxygen atoms in total. The first-order chi connectivity index (χ1) is 16.2. The molecule has 1 aliphatic carbocycles. The van der Waals surface area contributed by atoms with Gasteiger partial charge in [0.05, 0.1) is 0 Å². The number of hydrogen-bond donors (Lipinski definition) is 1. The molecule has 180 valence electrons. The molecular weight excluding hydrogens is 484 g/mol. The lowest BCUT2D eigenvalue weighted by Crippen LogP contribution is -2.32. The molecule has 1 N–H and O–H groups in total. The third-order valence-corrected chi connectivity index (χ3v) is 6.52. The van der Waals surface area contributed by atoms with E-state index in [1.807, 2.05) is 0 Å². The zero-order chi connectivity index (χ0) is 24.5. The summed E-state index contributed by atoms with van der Waals surface area (Å²) in [5.74, 6) is -14.5. The average molecular weight is 501 g/mol. The molecule has 3 aromatic rings. The minimum atomic E-state index is -4.95. The number of nitrogens with one attached hydrogen (secondary N) is 1. The molecule has 34 heavy (non-hydrogen) atoms. The van der Waals surface area contributed by atoms with Gasteiger partial charge >= 0.3 is 13.7 Å². The van der Waals surface area contributed by atoms with Crippen LogP contribution in [0.25, 0.3) is 10.8 Å². The van der Waals surface area contributed by atoms with E-state index in [9.17, 15) is 31.3 Å². The van der Waals surface area contributed by atoms with Gasteiger partial charge in [-0.2, -0.15) is 13.9 Å². The minimum Gasteiger partial charge on any atom is -0.461 e. The lowest BCUT2D eigenvalue weighted by Gasteiger charge is -2.26. The molecule has 0 spiro atoms. The van der Waals surface area contributed by atoms with Crippen molar-refractivity contribution in [2.24, 2.45) is 0 Å². The van der Waals surface area contributed by atoms with E-state index in [4.69, 9.17) is 13.8 Å². The van der Waals surface area contributed by atoms with E-state index in [0.717, 1.165) is 6.42 Å². The number of ether oxygens (including phenoxy) is 1. The maximum absolute atomic E-state index is 14.2. The Morgan fingerprint density at radius 3 is 2.15 bits per heavy atom. The van der Waals surface area contributed by atoms with Crippen LogP contribution in [0.3, 0.4) is 0 Å². The Kier molecular flexibility index (Phi) is 6.77. The summed E-state index contributed by atoms with van der Waals surface area (Å²) in [6.07, 6.45) is 1.86. The molecule has 3 aromatic carbocycles. The highest BCUT2D eigenvalue weighted by molar-refractivity contribution is 7.52. The van der Waals surface area contributed by atoms with Gasteiger partial charge in [0.25, 0.3) is 0 Å². The lowest BCUT2D eigenvalue weighted by atomic mass is 9.96. The number of carbonyl (C=O) groups excluding carboxylic acids is 1. The molecule has 0 amide bonds. The highest BCUT2D eigenvalue weighted by Gasteiger charge is 2.36. The molecule has 0 aliphatic heterocycles. The van der Waals surface area contributed by atoms with Crippen LogP contribution < -0.4 is 14.1 Å². The predicted octanol–water partition coefficient (Wildman–Crippen LogP) is 5.79. The Hall–Kier alpha value is -3.17. The van der Waals surface area contributed by atoms with Crippen LogP contribution in [-0.2, 0) is 14.1 Å². The molecule has 1 atom stereocenters. The second-order valence-corrected chi connectivity index (χ2v) is 9.11. The van der Waals surface area contributed by atoms with Gasteiger partial charge in [0.1, 0.15) is 18.4 Å². The molecule has 0 saturated heterocycles. The zero-order valence-electron chi connectivity index (χ0n) is 17.3. The van der Waals surface area contributed by atoms with Gasteiger partial charge in [-0.25, -0.2) is 17.7 Å². The SMILES string of the molecule is O=C(CNP(=O)(Oc1c(F)c(F)c(F)c(F)c1F)Oc1cccc2ccccc12)OC1CCC1. The normalized spacial score (nSPS) is 15.4. The molecule has 1 fully saturated rings. The van der Waals surface area contributed by atoms with Gasteiger partial charge in [-0.1, -0.05) is 36.4 Å². The molecule has 0 aromatic heterocycles. The monoisotopic (exact) mass is 501 g/mol. The number of halogens is 5. The summed E-state index contributed by atoms with van der Waals surface area (Å²) in [5, 5.41) is 3.12. The molecule has 0 radical (unpaired) electrons. The van der Waals surface area contributed by atoms with Gasteiger partial charge in [0.15, 0.2) is 0 Å². The van der Waals surface area contributed by atoms with Gasteiger partial charge < -0.3 is 13.8 Å². The molecule has 0 bridgehead atoms. The molecule has 1 unspecified atom stereocenters. The number of hydrogen-bond acceptors (Lipinski definition) is 5. The van der Waals surface area contributed by atoms with E-state index in [-0.39, 0.29) is 11.9 Å². The third kappa shape index (κ3) is 4.85. The quantitative estimate of drug-likeness (QED) is 0.139. The molecule has 0 heterocycles. The summed E-state index contributed by atoms with van der Waals surface area (Å²) < 4.78 is 97.8. The summed E-state index contributed by atoms with van der Waals surface area (Å²) >= 11 is 0. The molecular formula is C22H17F5NO5P. The van der Waals surface area contributed by atoms with Crippen molar-refractivity contribution in [2.75, 3.05) is 6.54 Å². The van der Waals surface area contributed by atoms with Gasteiger partial charge in [-0.3, -0.25) is 4.79 Å². The van der Waals surface area contributed by atoms with Crippen molar-refractivity contribution < 1.29 is 45.1 Å². The Labute approximate surface area is 190 Å². The van der Waals surface area contributed by atoms with Gasteiger partial charge in [0.2, 0.25) is 34.8 Å². The first-order valence-electron chi connectivity index (χ1n) is 10.1. The van der Waals surface area contributed by atoms with Crippen molar-refractivity contribution in [1.29, 1.82) is 0 Å². The largest absolute Gasteiger partial charge is 0.513 e.